The number of hydrogen-bond acceptors (Lipinski definition) is 6. The lowest BCUT2D eigenvalue weighted by molar-refractivity contribution is 0.129. The lowest BCUT2D eigenvalue weighted by atomic mass is 10.0. The maximum atomic E-state index is 9.79. The zero-order valence-corrected chi connectivity index (χ0v) is 11.3. The number of aromatic nitrogens is 2. The summed E-state index contributed by atoms with van der Waals surface area (Å²) >= 11 is 0. The van der Waals surface area contributed by atoms with Crippen molar-refractivity contribution in [3.8, 4) is 0 Å². The zero-order chi connectivity index (χ0) is 13.1. The summed E-state index contributed by atoms with van der Waals surface area (Å²) in [6, 6.07) is 0. The van der Waals surface area contributed by atoms with Crippen molar-refractivity contribution in [3.05, 3.63) is 5.89 Å². The molecular formula is C12H22N4O2. The highest BCUT2D eigenvalue weighted by Gasteiger charge is 2.24. The van der Waals surface area contributed by atoms with Gasteiger partial charge in [-0.2, -0.15) is 4.98 Å². The third-order valence-electron chi connectivity index (χ3n) is 3.60. The molecule has 1 fully saturated rings. The Morgan fingerprint density at radius 2 is 2.00 bits per heavy atom. The van der Waals surface area contributed by atoms with Gasteiger partial charge in [0.05, 0.1) is 12.0 Å². The van der Waals surface area contributed by atoms with Gasteiger partial charge in [0.15, 0.2) is 0 Å². The van der Waals surface area contributed by atoms with E-state index >= 15 is 0 Å². The number of aliphatic hydroxyl groups is 1. The van der Waals surface area contributed by atoms with Gasteiger partial charge in [0.25, 0.3) is 5.95 Å². The molecule has 0 aliphatic carbocycles. The molecule has 0 spiro atoms. The van der Waals surface area contributed by atoms with Crippen LogP contribution in [-0.4, -0.2) is 59.5 Å². The van der Waals surface area contributed by atoms with Crippen molar-refractivity contribution in [1.29, 1.82) is 0 Å². The van der Waals surface area contributed by atoms with Crippen molar-refractivity contribution in [2.75, 3.05) is 38.1 Å². The van der Waals surface area contributed by atoms with Crippen LogP contribution in [0.3, 0.4) is 0 Å². The van der Waals surface area contributed by atoms with E-state index in [0.29, 0.717) is 18.3 Å². The molecule has 1 aromatic heterocycles. The Bertz CT molecular complexity index is 374. The molecule has 0 amide bonds. The van der Waals surface area contributed by atoms with Gasteiger partial charge in [0.2, 0.25) is 5.89 Å². The van der Waals surface area contributed by atoms with Gasteiger partial charge in [-0.05, 0) is 18.6 Å². The molecule has 6 nitrogen and oxygen atoms in total. The fraction of sp³-hybridized carbons (Fsp3) is 0.833. The molecule has 0 bridgehead atoms. The molecule has 102 valence electrons. The number of aliphatic hydroxyl groups excluding tert-OH is 1. The Kier molecular flexibility index (Phi) is 4.19. The second kappa shape index (κ2) is 5.67. The molecule has 18 heavy (non-hydrogen) atoms. The summed E-state index contributed by atoms with van der Waals surface area (Å²) in [7, 11) is 2.11. The number of nitrogens with zero attached hydrogens (tertiary/aromatic N) is 4. The van der Waals surface area contributed by atoms with Gasteiger partial charge in [0.1, 0.15) is 0 Å². The monoisotopic (exact) mass is 254 g/mol. The van der Waals surface area contributed by atoms with Gasteiger partial charge in [-0.1, -0.05) is 13.8 Å². The highest BCUT2D eigenvalue weighted by atomic mass is 16.5. The average molecular weight is 254 g/mol. The predicted molar refractivity (Wildman–Crippen MR) is 68.7 cm³/mol. The Morgan fingerprint density at radius 3 is 2.61 bits per heavy atom. The van der Waals surface area contributed by atoms with Crippen LogP contribution in [-0.2, 0) is 0 Å². The minimum absolute atomic E-state index is 0.108. The van der Waals surface area contributed by atoms with E-state index in [1.165, 1.54) is 0 Å². The van der Waals surface area contributed by atoms with E-state index < -0.39 is 6.10 Å². The van der Waals surface area contributed by atoms with Crippen LogP contribution in [0.15, 0.2) is 4.52 Å². The summed E-state index contributed by atoms with van der Waals surface area (Å²) in [5, 5.41) is 13.8. The lowest BCUT2D eigenvalue weighted by Crippen LogP contribution is -2.44. The summed E-state index contributed by atoms with van der Waals surface area (Å²) in [6.45, 7) is 7.71. The largest absolute Gasteiger partial charge is 0.392 e. The zero-order valence-electron chi connectivity index (χ0n) is 11.3. The molecule has 1 N–H and O–H groups in total. The van der Waals surface area contributed by atoms with Crippen LogP contribution >= 0.6 is 0 Å². The van der Waals surface area contributed by atoms with E-state index in [-0.39, 0.29) is 5.92 Å². The van der Waals surface area contributed by atoms with Crippen LogP contribution in [0.2, 0.25) is 0 Å². The molecule has 1 aliphatic heterocycles. The molecule has 0 saturated carbocycles. The first-order valence-electron chi connectivity index (χ1n) is 6.57. The lowest BCUT2D eigenvalue weighted by Gasteiger charge is -2.31. The predicted octanol–water partition coefficient (Wildman–Crippen LogP) is 0.696. The van der Waals surface area contributed by atoms with Crippen LogP contribution in [0.1, 0.15) is 32.1 Å². The van der Waals surface area contributed by atoms with E-state index in [4.69, 9.17) is 4.52 Å². The maximum Gasteiger partial charge on any atom is 0.266 e. The molecule has 2 heterocycles. The Hall–Kier alpha value is -1.14. The molecule has 2 atom stereocenters. The molecule has 6 heteroatoms. The summed E-state index contributed by atoms with van der Waals surface area (Å²) in [5.74, 6) is 1.07. The van der Waals surface area contributed by atoms with Crippen molar-refractivity contribution < 1.29 is 9.63 Å². The molecule has 1 aromatic rings. The Balaban J connectivity index is 2.01. The minimum Gasteiger partial charge on any atom is -0.392 e. The fourth-order valence-electron chi connectivity index (χ4n) is 2.06. The molecule has 1 aliphatic rings. The molecular weight excluding hydrogens is 232 g/mol. The van der Waals surface area contributed by atoms with Gasteiger partial charge in [-0.15, -0.1) is 0 Å². The van der Waals surface area contributed by atoms with Crippen molar-refractivity contribution in [1.82, 2.24) is 15.0 Å². The minimum atomic E-state index is -0.425. The molecule has 1 saturated heterocycles. The first-order chi connectivity index (χ1) is 8.61. The van der Waals surface area contributed by atoms with Crippen LogP contribution in [0.4, 0.5) is 5.95 Å². The standard InChI is InChI=1S/C12H22N4O2/c1-4-10(17)9(2)11-13-12(14-18-11)16-7-5-15(3)6-8-16/h9-10,17H,4-8H2,1-3H3. The number of anilines is 1. The van der Waals surface area contributed by atoms with Crippen molar-refractivity contribution in [3.63, 3.8) is 0 Å². The van der Waals surface area contributed by atoms with Gasteiger partial charge in [0, 0.05) is 26.2 Å². The van der Waals surface area contributed by atoms with Crippen molar-refractivity contribution in [2.45, 2.75) is 32.3 Å². The van der Waals surface area contributed by atoms with Crippen molar-refractivity contribution >= 4 is 5.95 Å². The average Bonchev–Trinajstić information content (AvgIpc) is 2.87. The van der Waals surface area contributed by atoms with Gasteiger partial charge in [-0.25, -0.2) is 0 Å². The smallest absolute Gasteiger partial charge is 0.266 e. The molecule has 0 radical (unpaired) electrons. The molecule has 2 unspecified atom stereocenters. The second-order valence-electron chi connectivity index (χ2n) is 4.99. The first kappa shape index (κ1) is 13.3. The molecule has 2 rings (SSSR count). The normalized spacial score (nSPS) is 21.0. The quantitative estimate of drug-likeness (QED) is 0.853. The van der Waals surface area contributed by atoms with Crippen LogP contribution in [0, 0.1) is 0 Å². The summed E-state index contributed by atoms with van der Waals surface area (Å²) < 4.78 is 5.25. The van der Waals surface area contributed by atoms with E-state index in [9.17, 15) is 5.11 Å². The van der Waals surface area contributed by atoms with E-state index in [0.717, 1.165) is 26.2 Å². The van der Waals surface area contributed by atoms with E-state index in [1.54, 1.807) is 0 Å². The number of piperazine rings is 1. The second-order valence-corrected chi connectivity index (χ2v) is 4.99. The van der Waals surface area contributed by atoms with Crippen LogP contribution in [0.25, 0.3) is 0 Å². The third kappa shape index (κ3) is 2.81. The van der Waals surface area contributed by atoms with Crippen LogP contribution < -0.4 is 4.90 Å². The fourth-order valence-corrected chi connectivity index (χ4v) is 2.06. The maximum absolute atomic E-state index is 9.79. The Morgan fingerprint density at radius 1 is 1.33 bits per heavy atom. The highest BCUT2D eigenvalue weighted by Crippen LogP contribution is 2.22. The number of hydrogen-bond donors (Lipinski definition) is 1. The number of rotatable bonds is 4. The van der Waals surface area contributed by atoms with Crippen molar-refractivity contribution in [2.24, 2.45) is 0 Å². The third-order valence-corrected chi connectivity index (χ3v) is 3.60. The number of likely N-dealkylation sites (N-methyl/N-ethyl adjacent to an activating group) is 1. The van der Waals surface area contributed by atoms with Gasteiger partial charge >= 0.3 is 0 Å². The Labute approximate surface area is 108 Å². The van der Waals surface area contributed by atoms with Gasteiger partial charge in [-0.3, -0.25) is 0 Å². The summed E-state index contributed by atoms with van der Waals surface area (Å²) in [5.41, 5.74) is 0. The van der Waals surface area contributed by atoms with Crippen LogP contribution in [0.5, 0.6) is 0 Å². The van der Waals surface area contributed by atoms with E-state index in [2.05, 4.69) is 27.0 Å². The highest BCUT2D eigenvalue weighted by molar-refractivity contribution is 5.29. The molecule has 0 aromatic carbocycles. The SMILES string of the molecule is CCC(O)C(C)c1nc(N2CCN(C)CC2)no1. The summed E-state index contributed by atoms with van der Waals surface area (Å²) in [4.78, 5) is 8.80. The van der Waals surface area contributed by atoms with Gasteiger partial charge < -0.3 is 19.4 Å². The first-order valence-corrected chi connectivity index (χ1v) is 6.57. The topological polar surface area (TPSA) is 65.6 Å². The summed E-state index contributed by atoms with van der Waals surface area (Å²) in [6.07, 6.45) is 0.263. The van der Waals surface area contributed by atoms with E-state index in [1.807, 2.05) is 13.8 Å².